The minimum Gasteiger partial charge on any atom is -0.469 e. The van der Waals surface area contributed by atoms with Crippen LogP contribution < -0.4 is 5.32 Å². The summed E-state index contributed by atoms with van der Waals surface area (Å²) in [6.45, 7) is 0.648. The third-order valence-corrected chi connectivity index (χ3v) is 2.87. The van der Waals surface area contributed by atoms with Crippen molar-refractivity contribution in [1.29, 1.82) is 0 Å². The summed E-state index contributed by atoms with van der Waals surface area (Å²) < 4.78 is 4.53. The van der Waals surface area contributed by atoms with Crippen LogP contribution in [0.1, 0.15) is 12.8 Å². The second-order valence-corrected chi connectivity index (χ2v) is 3.99. The molecule has 0 saturated carbocycles. The molecule has 0 heterocycles. The lowest BCUT2D eigenvalue weighted by atomic mass is 10.3. The van der Waals surface area contributed by atoms with E-state index in [1.165, 1.54) is 7.11 Å². The van der Waals surface area contributed by atoms with E-state index in [0.717, 1.165) is 5.69 Å². The van der Waals surface area contributed by atoms with Crippen molar-refractivity contribution in [3.05, 3.63) is 28.2 Å². The van der Waals surface area contributed by atoms with Gasteiger partial charge in [0, 0.05) is 13.0 Å². The van der Waals surface area contributed by atoms with Crippen LogP contribution in [0.15, 0.2) is 18.2 Å². The number of anilines is 1. The van der Waals surface area contributed by atoms with Crippen LogP contribution in [0.4, 0.5) is 5.69 Å². The van der Waals surface area contributed by atoms with E-state index in [4.69, 9.17) is 23.2 Å². The predicted molar refractivity (Wildman–Crippen MR) is 66.2 cm³/mol. The van der Waals surface area contributed by atoms with Gasteiger partial charge in [0.15, 0.2) is 0 Å². The topological polar surface area (TPSA) is 38.3 Å². The first-order valence-electron chi connectivity index (χ1n) is 4.90. The van der Waals surface area contributed by atoms with Crippen LogP contribution in [-0.4, -0.2) is 19.6 Å². The monoisotopic (exact) mass is 261 g/mol. The highest BCUT2D eigenvalue weighted by Crippen LogP contribution is 2.29. The van der Waals surface area contributed by atoms with E-state index in [-0.39, 0.29) is 5.97 Å². The fraction of sp³-hybridized carbons (Fsp3) is 0.364. The minimum absolute atomic E-state index is 0.209. The molecule has 0 spiro atoms. The molecule has 5 heteroatoms. The first-order chi connectivity index (χ1) is 7.65. The third kappa shape index (κ3) is 3.91. The maximum atomic E-state index is 10.8. The lowest BCUT2D eigenvalue weighted by Gasteiger charge is -2.08. The smallest absolute Gasteiger partial charge is 0.305 e. The van der Waals surface area contributed by atoms with Gasteiger partial charge in [0.25, 0.3) is 0 Å². The van der Waals surface area contributed by atoms with Gasteiger partial charge in [-0.1, -0.05) is 29.3 Å². The highest BCUT2D eigenvalue weighted by Gasteiger charge is 2.04. The number of ether oxygens (including phenoxy) is 1. The van der Waals surface area contributed by atoms with E-state index < -0.39 is 0 Å². The summed E-state index contributed by atoms with van der Waals surface area (Å²) in [7, 11) is 1.38. The van der Waals surface area contributed by atoms with E-state index in [0.29, 0.717) is 29.4 Å². The number of rotatable bonds is 5. The zero-order valence-electron chi connectivity index (χ0n) is 8.93. The van der Waals surface area contributed by atoms with Crippen molar-refractivity contribution in [3.8, 4) is 0 Å². The molecule has 88 valence electrons. The number of esters is 1. The molecular weight excluding hydrogens is 249 g/mol. The fourth-order valence-electron chi connectivity index (χ4n) is 1.20. The summed E-state index contributed by atoms with van der Waals surface area (Å²) in [6.07, 6.45) is 1.08. The van der Waals surface area contributed by atoms with Gasteiger partial charge in [-0.05, 0) is 18.6 Å². The van der Waals surface area contributed by atoms with Crippen molar-refractivity contribution in [2.24, 2.45) is 0 Å². The summed E-state index contributed by atoms with van der Waals surface area (Å²) in [5.74, 6) is -0.209. The van der Waals surface area contributed by atoms with Crippen molar-refractivity contribution in [3.63, 3.8) is 0 Å². The predicted octanol–water partition coefficient (Wildman–Crippen LogP) is 3.36. The molecule has 0 aliphatic rings. The first kappa shape index (κ1) is 13.1. The maximum absolute atomic E-state index is 10.8. The van der Waals surface area contributed by atoms with Crippen LogP contribution in [0.5, 0.6) is 0 Å². The normalized spacial score (nSPS) is 9.94. The molecule has 1 rings (SSSR count). The van der Waals surface area contributed by atoms with Gasteiger partial charge >= 0.3 is 5.97 Å². The third-order valence-electron chi connectivity index (χ3n) is 2.05. The molecule has 0 atom stereocenters. The van der Waals surface area contributed by atoms with Gasteiger partial charge in [0.1, 0.15) is 0 Å². The number of nitrogens with one attached hydrogen (secondary N) is 1. The van der Waals surface area contributed by atoms with E-state index in [9.17, 15) is 4.79 Å². The Morgan fingerprint density at radius 2 is 2.19 bits per heavy atom. The second-order valence-electron chi connectivity index (χ2n) is 3.21. The van der Waals surface area contributed by atoms with E-state index in [1.807, 2.05) is 12.1 Å². The Hall–Kier alpha value is -0.930. The molecule has 0 bridgehead atoms. The van der Waals surface area contributed by atoms with Gasteiger partial charge in [0.05, 0.1) is 22.8 Å². The Morgan fingerprint density at radius 3 is 2.88 bits per heavy atom. The Labute approximate surface area is 105 Å². The van der Waals surface area contributed by atoms with Crippen molar-refractivity contribution in [2.45, 2.75) is 12.8 Å². The minimum atomic E-state index is -0.209. The number of benzene rings is 1. The Bertz CT molecular complexity index is 369. The summed E-state index contributed by atoms with van der Waals surface area (Å²) in [4.78, 5) is 10.8. The maximum Gasteiger partial charge on any atom is 0.305 e. The number of methoxy groups -OCH3 is 1. The van der Waals surface area contributed by atoms with Crippen molar-refractivity contribution in [2.75, 3.05) is 19.0 Å². The molecule has 1 aromatic rings. The number of carbonyl (C=O) groups excluding carboxylic acids is 1. The second kappa shape index (κ2) is 6.61. The molecule has 0 aliphatic carbocycles. The van der Waals surface area contributed by atoms with Gasteiger partial charge in [-0.2, -0.15) is 0 Å². The van der Waals surface area contributed by atoms with Gasteiger partial charge in [-0.25, -0.2) is 0 Å². The summed E-state index contributed by atoms with van der Waals surface area (Å²) in [6, 6.07) is 5.38. The van der Waals surface area contributed by atoms with Gasteiger partial charge in [-0.3, -0.25) is 4.79 Å². The summed E-state index contributed by atoms with van der Waals surface area (Å²) >= 11 is 11.8. The van der Waals surface area contributed by atoms with Gasteiger partial charge in [-0.15, -0.1) is 0 Å². The van der Waals surface area contributed by atoms with Crippen LogP contribution in [0, 0.1) is 0 Å². The Morgan fingerprint density at radius 1 is 1.44 bits per heavy atom. The largest absolute Gasteiger partial charge is 0.469 e. The molecule has 0 amide bonds. The first-order valence-corrected chi connectivity index (χ1v) is 5.65. The molecule has 0 aliphatic heterocycles. The summed E-state index contributed by atoms with van der Waals surface area (Å²) in [5, 5.41) is 4.12. The van der Waals surface area contributed by atoms with Crippen molar-refractivity contribution in [1.82, 2.24) is 0 Å². The van der Waals surface area contributed by atoms with Crippen LogP contribution in [-0.2, 0) is 9.53 Å². The average Bonchev–Trinajstić information content (AvgIpc) is 2.29. The van der Waals surface area contributed by atoms with E-state index in [1.54, 1.807) is 6.07 Å². The van der Waals surface area contributed by atoms with Gasteiger partial charge in [0.2, 0.25) is 0 Å². The summed E-state index contributed by atoms with van der Waals surface area (Å²) in [5.41, 5.74) is 0.777. The van der Waals surface area contributed by atoms with Crippen LogP contribution >= 0.6 is 23.2 Å². The number of halogens is 2. The Kier molecular flexibility index (Phi) is 5.43. The number of hydrogen-bond donors (Lipinski definition) is 1. The molecule has 3 nitrogen and oxygen atoms in total. The standard InChI is InChI=1S/C11H13Cl2NO2/c1-16-10(15)6-3-7-14-9-5-2-4-8(12)11(9)13/h2,4-5,14H,3,6-7H2,1H3. The zero-order valence-corrected chi connectivity index (χ0v) is 10.4. The fourth-order valence-corrected chi connectivity index (χ4v) is 1.57. The highest BCUT2D eigenvalue weighted by molar-refractivity contribution is 6.43. The number of carbonyl (C=O) groups is 1. The molecule has 0 radical (unpaired) electrons. The molecule has 16 heavy (non-hydrogen) atoms. The van der Waals surface area contributed by atoms with Crippen molar-refractivity contribution < 1.29 is 9.53 Å². The van der Waals surface area contributed by atoms with Crippen molar-refractivity contribution >= 4 is 34.9 Å². The molecular formula is C11H13Cl2NO2. The zero-order chi connectivity index (χ0) is 12.0. The van der Waals surface area contributed by atoms with Gasteiger partial charge < -0.3 is 10.1 Å². The van der Waals surface area contributed by atoms with Crippen LogP contribution in [0.3, 0.4) is 0 Å². The SMILES string of the molecule is COC(=O)CCCNc1cccc(Cl)c1Cl. The van der Waals surface area contributed by atoms with Crippen LogP contribution in [0.2, 0.25) is 10.0 Å². The number of hydrogen-bond acceptors (Lipinski definition) is 3. The van der Waals surface area contributed by atoms with E-state index >= 15 is 0 Å². The lowest BCUT2D eigenvalue weighted by Crippen LogP contribution is -2.06. The molecule has 0 fully saturated rings. The lowest BCUT2D eigenvalue weighted by molar-refractivity contribution is -0.140. The van der Waals surface area contributed by atoms with E-state index in [2.05, 4.69) is 10.1 Å². The average molecular weight is 262 g/mol. The molecule has 0 saturated heterocycles. The molecule has 0 aromatic heterocycles. The molecule has 1 N–H and O–H groups in total. The Balaban J connectivity index is 2.38. The highest BCUT2D eigenvalue weighted by atomic mass is 35.5. The molecule has 1 aromatic carbocycles. The molecule has 0 unspecified atom stereocenters. The quantitative estimate of drug-likeness (QED) is 0.653. The van der Waals surface area contributed by atoms with Crippen LogP contribution in [0.25, 0.3) is 0 Å².